The third-order valence-electron chi connectivity index (χ3n) is 5.62. The Morgan fingerprint density at radius 2 is 1.91 bits per heavy atom. The highest BCUT2D eigenvalue weighted by atomic mass is 19.1. The third kappa shape index (κ3) is 4.33. The number of amides is 2. The highest BCUT2D eigenvalue weighted by Crippen LogP contribution is 2.41. The summed E-state index contributed by atoms with van der Waals surface area (Å²) in [5.74, 6) is -0.483. The van der Waals surface area contributed by atoms with Gasteiger partial charge in [-0.3, -0.25) is 9.59 Å². The van der Waals surface area contributed by atoms with Crippen LogP contribution in [0.3, 0.4) is 0 Å². The maximum Gasteiger partial charge on any atom is 0.256 e. The number of aryl methyl sites for hydroxylation is 1. The van der Waals surface area contributed by atoms with Crippen molar-refractivity contribution < 1.29 is 19.1 Å². The van der Waals surface area contributed by atoms with Crippen molar-refractivity contribution in [3.63, 3.8) is 0 Å². The number of hydrogen-bond acceptors (Lipinski definition) is 3. The Morgan fingerprint density at radius 3 is 2.53 bits per heavy atom. The van der Waals surface area contributed by atoms with Crippen molar-refractivity contribution in [2.45, 2.75) is 19.4 Å². The Hall–Kier alpha value is -3.71. The molecule has 32 heavy (non-hydrogen) atoms. The first-order valence-electron chi connectivity index (χ1n) is 10.4. The molecule has 2 amide bonds. The van der Waals surface area contributed by atoms with Crippen LogP contribution in [0.25, 0.3) is 22.8 Å². The molecule has 164 valence electrons. The van der Waals surface area contributed by atoms with Crippen molar-refractivity contribution in [3.05, 3.63) is 77.4 Å². The number of H-pyrrole nitrogens is 1. The van der Waals surface area contributed by atoms with Crippen LogP contribution in [0, 0.1) is 12.7 Å². The van der Waals surface area contributed by atoms with Gasteiger partial charge in [-0.05, 0) is 48.7 Å². The number of anilines is 1. The summed E-state index contributed by atoms with van der Waals surface area (Å²) in [7, 11) is 0. The third-order valence-corrected chi connectivity index (χ3v) is 5.62. The fourth-order valence-corrected chi connectivity index (χ4v) is 3.92. The Bertz CT molecular complexity index is 1180. The predicted octanol–water partition coefficient (Wildman–Crippen LogP) is 3.83. The van der Waals surface area contributed by atoms with E-state index in [0.29, 0.717) is 35.5 Å². The molecule has 2 aliphatic heterocycles. The van der Waals surface area contributed by atoms with Gasteiger partial charge in [0.05, 0.1) is 11.7 Å². The van der Waals surface area contributed by atoms with Crippen molar-refractivity contribution >= 4 is 29.7 Å². The summed E-state index contributed by atoms with van der Waals surface area (Å²) < 4.78 is 14.3. The molecule has 0 bridgehead atoms. The van der Waals surface area contributed by atoms with Crippen LogP contribution < -0.4 is 5.32 Å². The Labute approximate surface area is 185 Å². The molecule has 5 rings (SSSR count). The molecule has 1 aromatic heterocycles. The molecule has 0 unspecified atom stereocenters. The van der Waals surface area contributed by atoms with Gasteiger partial charge in [-0.25, -0.2) is 4.39 Å². The van der Waals surface area contributed by atoms with E-state index in [-0.39, 0.29) is 17.8 Å². The minimum absolute atomic E-state index is 0.178. The van der Waals surface area contributed by atoms with E-state index in [4.69, 9.17) is 5.11 Å². The number of β-amino-alcohol motifs (C(OH)–C–C–N with tert-alkyl or cyclic N) is 1. The van der Waals surface area contributed by atoms with E-state index in [1.165, 1.54) is 6.07 Å². The average molecular weight is 433 g/mol. The minimum atomic E-state index is -0.305. The first-order chi connectivity index (χ1) is 15.5. The van der Waals surface area contributed by atoms with Gasteiger partial charge in [0, 0.05) is 41.8 Å². The summed E-state index contributed by atoms with van der Waals surface area (Å²) in [5.41, 5.74) is 5.09. The summed E-state index contributed by atoms with van der Waals surface area (Å²) in [6.45, 7) is 3.20. The Kier molecular flexibility index (Phi) is 6.18. The Morgan fingerprint density at radius 1 is 1.12 bits per heavy atom. The lowest BCUT2D eigenvalue weighted by Crippen LogP contribution is -2.19. The first kappa shape index (κ1) is 21.5. The van der Waals surface area contributed by atoms with Crippen LogP contribution in [0.4, 0.5) is 10.1 Å². The molecule has 1 saturated heterocycles. The molecule has 7 heteroatoms. The number of rotatable bonds is 3. The number of benzene rings is 2. The molecule has 6 nitrogen and oxygen atoms in total. The van der Waals surface area contributed by atoms with Gasteiger partial charge >= 0.3 is 0 Å². The molecule has 3 heterocycles. The minimum Gasteiger partial charge on any atom is -0.391 e. The fraction of sp³-hybridized carbons (Fsp3) is 0.200. The number of halogens is 1. The average Bonchev–Trinajstić information content (AvgIpc) is 3.48. The molecule has 2 aliphatic rings. The molecular formula is C25H24FN3O3. The van der Waals surface area contributed by atoms with Crippen LogP contribution in [-0.2, 0) is 9.59 Å². The number of fused-ring (bicyclic) bond motifs is 1. The zero-order valence-electron chi connectivity index (χ0n) is 17.6. The van der Waals surface area contributed by atoms with E-state index in [1.54, 1.807) is 23.1 Å². The lowest BCUT2D eigenvalue weighted by atomic mass is 9.94. The van der Waals surface area contributed by atoms with Crippen LogP contribution >= 0.6 is 0 Å². The van der Waals surface area contributed by atoms with E-state index in [2.05, 4.69) is 10.3 Å². The number of aliphatic hydroxyl groups is 1. The van der Waals surface area contributed by atoms with Crippen LogP contribution in [0.5, 0.6) is 0 Å². The highest BCUT2D eigenvalue weighted by molar-refractivity contribution is 6.36. The predicted molar refractivity (Wildman–Crippen MR) is 122 cm³/mol. The number of aromatic amines is 1. The zero-order chi connectivity index (χ0) is 22.7. The van der Waals surface area contributed by atoms with Gasteiger partial charge in [0.15, 0.2) is 0 Å². The summed E-state index contributed by atoms with van der Waals surface area (Å²) >= 11 is 0. The monoisotopic (exact) mass is 433 g/mol. The summed E-state index contributed by atoms with van der Waals surface area (Å²) in [4.78, 5) is 27.1. The summed E-state index contributed by atoms with van der Waals surface area (Å²) in [5, 5.41) is 11.7. The van der Waals surface area contributed by atoms with Crippen molar-refractivity contribution in [3.8, 4) is 11.1 Å². The number of hydrogen-bond donors (Lipinski definition) is 3. The van der Waals surface area contributed by atoms with Gasteiger partial charge < -0.3 is 20.3 Å². The summed E-state index contributed by atoms with van der Waals surface area (Å²) in [6.07, 6.45) is 4.88. The van der Waals surface area contributed by atoms with Gasteiger partial charge in [-0.1, -0.05) is 30.3 Å². The number of nitrogens with zero attached hydrogens (tertiary/aromatic N) is 1. The molecule has 3 aromatic rings. The quantitative estimate of drug-likeness (QED) is 0.434. The van der Waals surface area contributed by atoms with Crippen molar-refractivity contribution in [2.75, 3.05) is 18.4 Å². The van der Waals surface area contributed by atoms with Gasteiger partial charge in [-0.2, -0.15) is 0 Å². The van der Waals surface area contributed by atoms with E-state index in [1.807, 2.05) is 43.5 Å². The number of nitrogens with one attached hydrogen (secondary N) is 2. The molecule has 0 spiro atoms. The molecule has 0 aliphatic carbocycles. The second kappa shape index (κ2) is 9.20. The van der Waals surface area contributed by atoms with Gasteiger partial charge in [0.2, 0.25) is 6.41 Å². The highest BCUT2D eigenvalue weighted by Gasteiger charge is 2.28. The van der Waals surface area contributed by atoms with E-state index in [9.17, 15) is 14.0 Å². The maximum atomic E-state index is 14.3. The molecular weight excluding hydrogens is 409 g/mol. The number of aromatic nitrogens is 1. The van der Waals surface area contributed by atoms with Gasteiger partial charge in [0.1, 0.15) is 5.82 Å². The van der Waals surface area contributed by atoms with Crippen LogP contribution in [0.15, 0.2) is 54.7 Å². The van der Waals surface area contributed by atoms with E-state index >= 15 is 0 Å². The normalized spacial score (nSPS) is 18.2. The second-order valence-electron chi connectivity index (χ2n) is 7.84. The molecule has 1 fully saturated rings. The SMILES string of the molecule is Cc1cc[nH]c1/C=C1\C(=O)Nc2cccc(-c3ccccc3F)c21.O=CN1CC[C@@H](O)C1. The standard InChI is InChI=1S/C20H15FN2O.C5H9NO2/c1-12-9-10-22-18(12)11-15-19-14(13-5-2-3-7-16(13)21)6-4-8-17(19)23-20(15)24;7-4-6-2-1-5(8)3-6/h2-11,22H,1H3,(H,23,24);4-5,8H,1-3H2/b15-11-;/t;5-/m.1/s1. The number of carbonyl (C=O) groups is 2. The molecule has 3 N–H and O–H groups in total. The maximum absolute atomic E-state index is 14.3. The fourth-order valence-electron chi connectivity index (χ4n) is 3.92. The smallest absolute Gasteiger partial charge is 0.256 e. The van der Waals surface area contributed by atoms with Crippen molar-refractivity contribution in [2.24, 2.45) is 0 Å². The van der Waals surface area contributed by atoms with Crippen LogP contribution in [0.2, 0.25) is 0 Å². The first-order valence-corrected chi connectivity index (χ1v) is 10.4. The Balaban J connectivity index is 0.000000260. The lowest BCUT2D eigenvalue weighted by molar-refractivity contribution is -0.117. The van der Waals surface area contributed by atoms with Crippen molar-refractivity contribution in [1.29, 1.82) is 0 Å². The summed E-state index contributed by atoms with van der Waals surface area (Å²) in [6, 6.07) is 14.0. The molecule has 0 radical (unpaired) electrons. The lowest BCUT2D eigenvalue weighted by Gasteiger charge is -2.09. The van der Waals surface area contributed by atoms with E-state index < -0.39 is 0 Å². The molecule has 1 atom stereocenters. The zero-order valence-corrected chi connectivity index (χ0v) is 17.6. The van der Waals surface area contributed by atoms with Gasteiger partial charge in [-0.15, -0.1) is 0 Å². The largest absolute Gasteiger partial charge is 0.391 e. The van der Waals surface area contributed by atoms with Crippen LogP contribution in [0.1, 0.15) is 23.2 Å². The van der Waals surface area contributed by atoms with Crippen molar-refractivity contribution in [1.82, 2.24) is 9.88 Å². The van der Waals surface area contributed by atoms with Gasteiger partial charge in [0.25, 0.3) is 5.91 Å². The number of likely N-dealkylation sites (tertiary alicyclic amines) is 1. The van der Waals surface area contributed by atoms with E-state index in [0.717, 1.165) is 29.7 Å². The molecule has 2 aromatic carbocycles. The van der Waals surface area contributed by atoms with Crippen LogP contribution in [-0.4, -0.2) is 46.5 Å². The topological polar surface area (TPSA) is 85.4 Å². The molecule has 0 saturated carbocycles. The second-order valence-corrected chi connectivity index (χ2v) is 7.84. The number of aliphatic hydroxyl groups excluding tert-OH is 1. The number of carbonyl (C=O) groups excluding carboxylic acids is 2.